The first kappa shape index (κ1) is 30.0. The minimum absolute atomic E-state index is 0.0678. The fraction of sp³-hybridized carbons (Fsp3) is 0.393. The second-order valence-corrected chi connectivity index (χ2v) is 10.2. The summed E-state index contributed by atoms with van der Waals surface area (Å²) in [5.74, 6) is -1.01. The maximum absolute atomic E-state index is 12.9. The van der Waals surface area contributed by atoms with Gasteiger partial charge in [0, 0.05) is 42.3 Å². The topological polar surface area (TPSA) is 122 Å². The summed E-state index contributed by atoms with van der Waals surface area (Å²) in [7, 11) is 0. The van der Waals surface area contributed by atoms with Crippen LogP contribution in [-0.2, 0) is 10.9 Å². The number of carbonyl (C=O) groups is 2. The molecular formula is C28H29F3N6O3. The van der Waals surface area contributed by atoms with Crippen LogP contribution in [0.1, 0.15) is 49.5 Å². The lowest BCUT2D eigenvalue weighted by Gasteiger charge is -2.33. The van der Waals surface area contributed by atoms with Gasteiger partial charge in [-0.15, -0.1) is 0 Å². The van der Waals surface area contributed by atoms with Crippen molar-refractivity contribution in [2.45, 2.75) is 45.4 Å². The van der Waals surface area contributed by atoms with Crippen molar-refractivity contribution in [1.29, 1.82) is 10.5 Å². The maximum atomic E-state index is 12.9. The normalized spacial score (nSPS) is 14.6. The Balaban J connectivity index is 1.69. The molecule has 1 aromatic carbocycles. The second kappa shape index (κ2) is 12.5. The van der Waals surface area contributed by atoms with Crippen molar-refractivity contribution in [3.8, 4) is 12.1 Å². The quantitative estimate of drug-likeness (QED) is 0.357. The number of hydrogen-bond acceptors (Lipinski definition) is 7. The summed E-state index contributed by atoms with van der Waals surface area (Å²) in [5, 5.41) is 21.5. The van der Waals surface area contributed by atoms with E-state index in [9.17, 15) is 33.3 Å². The molecule has 40 heavy (non-hydrogen) atoms. The first-order valence-corrected chi connectivity index (χ1v) is 12.5. The minimum atomic E-state index is -4.57. The first-order valence-electron chi connectivity index (χ1n) is 12.5. The SMILES string of the molecule is CC(C)(C)OC(=O)N1CCC(C(C#N)=CN(CC#N)c2ccc(C(=O)Nc3cc(C(F)(F)F)ccn3)cc2)CC1. The number of carbonyl (C=O) groups excluding carboxylic acids is 2. The van der Waals surface area contributed by atoms with Crippen molar-refractivity contribution in [3.05, 3.63) is 65.5 Å². The largest absolute Gasteiger partial charge is 0.444 e. The molecule has 210 valence electrons. The lowest BCUT2D eigenvalue weighted by molar-refractivity contribution is -0.137. The zero-order valence-corrected chi connectivity index (χ0v) is 22.3. The van der Waals surface area contributed by atoms with Crippen LogP contribution in [-0.4, -0.2) is 47.1 Å². The number of pyridine rings is 1. The van der Waals surface area contributed by atoms with Gasteiger partial charge in [-0.3, -0.25) is 4.79 Å². The molecule has 3 rings (SSSR count). The minimum Gasteiger partial charge on any atom is -0.444 e. The van der Waals surface area contributed by atoms with E-state index in [2.05, 4.69) is 22.4 Å². The van der Waals surface area contributed by atoms with Crippen LogP contribution in [0.5, 0.6) is 0 Å². The molecule has 1 saturated heterocycles. The van der Waals surface area contributed by atoms with Gasteiger partial charge in [0.15, 0.2) is 0 Å². The van der Waals surface area contributed by atoms with Gasteiger partial charge in [-0.2, -0.15) is 23.7 Å². The number of nitriles is 2. The molecule has 1 aliphatic rings. The smallest absolute Gasteiger partial charge is 0.416 e. The van der Waals surface area contributed by atoms with Gasteiger partial charge in [-0.05, 0) is 75.9 Å². The summed E-state index contributed by atoms with van der Waals surface area (Å²) in [6.45, 7) is 6.18. The molecule has 1 fully saturated rings. The van der Waals surface area contributed by atoms with Crippen molar-refractivity contribution < 1.29 is 27.5 Å². The zero-order valence-electron chi connectivity index (χ0n) is 22.3. The van der Waals surface area contributed by atoms with E-state index in [0.717, 1.165) is 18.3 Å². The number of benzene rings is 1. The summed E-state index contributed by atoms with van der Waals surface area (Å²) < 4.78 is 44.2. The number of rotatable bonds is 6. The zero-order chi connectivity index (χ0) is 29.5. The molecule has 0 aliphatic carbocycles. The highest BCUT2D eigenvalue weighted by molar-refractivity contribution is 6.04. The number of hydrogen-bond donors (Lipinski definition) is 1. The predicted octanol–water partition coefficient (Wildman–Crippen LogP) is 5.74. The lowest BCUT2D eigenvalue weighted by atomic mass is 9.90. The van der Waals surface area contributed by atoms with Crippen LogP contribution >= 0.6 is 0 Å². The van der Waals surface area contributed by atoms with Gasteiger partial charge in [-0.1, -0.05) is 0 Å². The Bertz CT molecular complexity index is 1330. The number of nitrogens with one attached hydrogen (secondary N) is 1. The number of aromatic nitrogens is 1. The molecule has 0 radical (unpaired) electrons. The van der Waals surface area contributed by atoms with Gasteiger partial charge in [0.1, 0.15) is 18.0 Å². The van der Waals surface area contributed by atoms with Crippen molar-refractivity contribution in [2.24, 2.45) is 5.92 Å². The number of ether oxygens (including phenoxy) is 1. The van der Waals surface area contributed by atoms with Crippen molar-refractivity contribution in [1.82, 2.24) is 9.88 Å². The van der Waals surface area contributed by atoms with Gasteiger partial charge in [0.2, 0.25) is 0 Å². The van der Waals surface area contributed by atoms with Crippen molar-refractivity contribution in [2.75, 3.05) is 29.9 Å². The fourth-order valence-corrected chi connectivity index (χ4v) is 4.05. The maximum Gasteiger partial charge on any atom is 0.416 e. The van der Waals surface area contributed by atoms with E-state index in [1.807, 2.05) is 0 Å². The highest BCUT2D eigenvalue weighted by Crippen LogP contribution is 2.30. The molecule has 9 nitrogen and oxygen atoms in total. The molecule has 0 saturated carbocycles. The number of anilines is 2. The number of halogens is 3. The van der Waals surface area contributed by atoms with Crippen LogP contribution in [0.15, 0.2) is 54.4 Å². The Hall–Kier alpha value is -4.58. The van der Waals surface area contributed by atoms with Gasteiger partial charge in [0.25, 0.3) is 5.91 Å². The third-order valence-electron chi connectivity index (χ3n) is 6.04. The van der Waals surface area contributed by atoms with Crippen LogP contribution in [0, 0.1) is 28.6 Å². The monoisotopic (exact) mass is 554 g/mol. The number of likely N-dealkylation sites (tertiary alicyclic amines) is 1. The van der Waals surface area contributed by atoms with E-state index in [0.29, 0.717) is 37.2 Å². The Morgan fingerprint density at radius 1 is 1.15 bits per heavy atom. The molecule has 1 N–H and O–H groups in total. The molecule has 1 aliphatic heterocycles. The Kier molecular flexibility index (Phi) is 9.38. The summed E-state index contributed by atoms with van der Waals surface area (Å²) in [5.41, 5.74) is -0.380. The highest BCUT2D eigenvalue weighted by atomic mass is 19.4. The van der Waals surface area contributed by atoms with Gasteiger partial charge in [-0.25, -0.2) is 9.78 Å². The van der Waals surface area contributed by atoms with Crippen LogP contribution in [0.2, 0.25) is 0 Å². The molecule has 12 heteroatoms. The fourth-order valence-electron chi connectivity index (χ4n) is 4.05. The lowest BCUT2D eigenvalue weighted by Crippen LogP contribution is -2.42. The van der Waals surface area contributed by atoms with Gasteiger partial charge >= 0.3 is 12.3 Å². The number of alkyl halides is 3. The molecule has 0 bridgehead atoms. The standard InChI is InChI=1S/C28H29F3N6O3/c1-27(2,3)40-26(39)36-13-9-19(10-14-36)21(17-33)18-37(15-11-32)23-6-4-20(5-7-23)25(38)35-24-16-22(8-12-34-24)28(29,30)31/h4-8,12,16,18-19H,9-10,13-15H2,1-3H3,(H,34,35,38). The van der Waals surface area contributed by atoms with Gasteiger partial charge < -0.3 is 19.9 Å². The molecular weight excluding hydrogens is 525 g/mol. The predicted molar refractivity (Wildman–Crippen MR) is 141 cm³/mol. The summed E-state index contributed by atoms with van der Waals surface area (Å²) in [6.07, 6.45) is -1.30. The molecule has 0 spiro atoms. The number of amides is 2. The Morgan fingerprint density at radius 2 is 1.80 bits per heavy atom. The van der Waals surface area contributed by atoms with E-state index in [1.165, 1.54) is 12.1 Å². The summed E-state index contributed by atoms with van der Waals surface area (Å²) in [4.78, 5) is 31.9. The molecule has 1 aromatic heterocycles. The Morgan fingerprint density at radius 3 is 2.35 bits per heavy atom. The summed E-state index contributed by atoms with van der Waals surface area (Å²) in [6, 6.07) is 11.9. The molecule has 2 aromatic rings. The first-order chi connectivity index (χ1) is 18.8. The van der Waals surface area contributed by atoms with E-state index in [-0.39, 0.29) is 23.8 Å². The second-order valence-electron chi connectivity index (χ2n) is 10.2. The third-order valence-corrected chi connectivity index (χ3v) is 6.04. The van der Waals surface area contributed by atoms with Crippen LogP contribution in [0.25, 0.3) is 0 Å². The van der Waals surface area contributed by atoms with E-state index >= 15 is 0 Å². The van der Waals surface area contributed by atoms with Crippen LogP contribution in [0.4, 0.5) is 29.5 Å². The van der Waals surface area contributed by atoms with E-state index < -0.39 is 29.3 Å². The van der Waals surface area contributed by atoms with E-state index in [4.69, 9.17) is 4.74 Å². The van der Waals surface area contributed by atoms with E-state index in [1.54, 1.807) is 48.9 Å². The highest BCUT2D eigenvalue weighted by Gasteiger charge is 2.31. The number of nitrogens with zero attached hydrogens (tertiary/aromatic N) is 5. The molecule has 2 heterocycles. The molecule has 2 amide bonds. The van der Waals surface area contributed by atoms with Crippen LogP contribution < -0.4 is 10.2 Å². The number of allylic oxidation sites excluding steroid dienone is 1. The van der Waals surface area contributed by atoms with Crippen molar-refractivity contribution >= 4 is 23.5 Å². The number of piperidine rings is 1. The Labute approximate surface area is 230 Å². The third kappa shape index (κ3) is 8.21. The van der Waals surface area contributed by atoms with Crippen LogP contribution in [0.3, 0.4) is 0 Å². The van der Waals surface area contributed by atoms with Gasteiger partial charge in [0.05, 0.1) is 17.7 Å². The molecule has 0 unspecified atom stereocenters. The average Bonchev–Trinajstić information content (AvgIpc) is 2.90. The van der Waals surface area contributed by atoms with Crippen molar-refractivity contribution in [3.63, 3.8) is 0 Å². The molecule has 0 atom stereocenters. The summed E-state index contributed by atoms with van der Waals surface area (Å²) >= 11 is 0. The average molecular weight is 555 g/mol.